The van der Waals surface area contributed by atoms with Gasteiger partial charge in [-0.05, 0) is 37.1 Å². The molecular formula is C19H22N2O3S. The Morgan fingerprint density at radius 2 is 1.96 bits per heavy atom. The Labute approximate surface area is 151 Å². The van der Waals surface area contributed by atoms with Gasteiger partial charge in [-0.3, -0.25) is 4.79 Å². The molecule has 2 aromatic rings. The second-order valence-corrected chi connectivity index (χ2v) is 7.86. The molecule has 0 bridgehead atoms. The summed E-state index contributed by atoms with van der Waals surface area (Å²) in [5, 5.41) is 6.76. The summed E-state index contributed by atoms with van der Waals surface area (Å²) in [7, 11) is 0. The number of carbonyl (C=O) groups excluding carboxylic acids is 1. The smallest absolute Gasteiger partial charge is 0.253 e. The van der Waals surface area contributed by atoms with Crippen molar-refractivity contribution in [1.82, 2.24) is 5.01 Å². The molecule has 1 fully saturated rings. The largest absolute Gasteiger partial charge is 0.467 e. The van der Waals surface area contributed by atoms with Crippen molar-refractivity contribution >= 4 is 23.4 Å². The molecule has 1 aliphatic heterocycles. The van der Waals surface area contributed by atoms with Gasteiger partial charge in [-0.1, -0.05) is 19.3 Å². The third kappa shape index (κ3) is 3.68. The number of amides is 1. The quantitative estimate of drug-likeness (QED) is 0.783. The van der Waals surface area contributed by atoms with Crippen LogP contribution in [-0.2, 0) is 4.79 Å². The lowest BCUT2D eigenvalue weighted by atomic mass is 10.0. The van der Waals surface area contributed by atoms with Gasteiger partial charge in [-0.25, -0.2) is 5.01 Å². The van der Waals surface area contributed by atoms with Gasteiger partial charge in [-0.2, -0.15) is 5.10 Å². The van der Waals surface area contributed by atoms with Crippen molar-refractivity contribution in [2.75, 3.05) is 5.75 Å². The molecule has 0 radical (unpaired) electrons. The average Bonchev–Trinajstić information content (AvgIpc) is 3.40. The lowest BCUT2D eigenvalue weighted by Crippen LogP contribution is -2.29. The van der Waals surface area contributed by atoms with Gasteiger partial charge in [0.1, 0.15) is 23.3 Å². The van der Waals surface area contributed by atoms with Gasteiger partial charge in [0.15, 0.2) is 0 Å². The highest BCUT2D eigenvalue weighted by molar-refractivity contribution is 8.00. The second kappa shape index (κ2) is 7.52. The Balaban J connectivity index is 1.48. The van der Waals surface area contributed by atoms with E-state index in [0.29, 0.717) is 23.2 Å². The monoisotopic (exact) mass is 358 g/mol. The van der Waals surface area contributed by atoms with Gasteiger partial charge in [0, 0.05) is 11.7 Å². The zero-order valence-corrected chi connectivity index (χ0v) is 14.9. The number of hydrogen-bond donors (Lipinski definition) is 0. The molecule has 5 nitrogen and oxygen atoms in total. The summed E-state index contributed by atoms with van der Waals surface area (Å²) in [6, 6.07) is 7.28. The molecule has 2 aromatic heterocycles. The summed E-state index contributed by atoms with van der Waals surface area (Å²) in [6.07, 6.45) is 10.2. The Morgan fingerprint density at radius 3 is 2.68 bits per heavy atom. The topological polar surface area (TPSA) is 59.0 Å². The van der Waals surface area contributed by atoms with Crippen molar-refractivity contribution < 1.29 is 13.6 Å². The molecule has 2 aliphatic rings. The number of thioether (sulfide) groups is 1. The maximum atomic E-state index is 12.8. The molecule has 0 aromatic carbocycles. The maximum absolute atomic E-state index is 12.8. The molecule has 1 unspecified atom stereocenters. The molecule has 0 N–H and O–H groups in total. The van der Waals surface area contributed by atoms with Crippen molar-refractivity contribution in [1.29, 1.82) is 0 Å². The van der Waals surface area contributed by atoms with Crippen LogP contribution in [0.5, 0.6) is 0 Å². The predicted octanol–water partition coefficient (Wildman–Crippen LogP) is 4.62. The zero-order chi connectivity index (χ0) is 17.1. The molecule has 1 aliphatic carbocycles. The second-order valence-electron chi connectivity index (χ2n) is 6.57. The maximum Gasteiger partial charge on any atom is 0.253 e. The van der Waals surface area contributed by atoms with Crippen molar-refractivity contribution in [3.63, 3.8) is 0 Å². The van der Waals surface area contributed by atoms with Gasteiger partial charge >= 0.3 is 0 Å². The normalized spacial score (nSPS) is 21.5. The number of hydrazone groups is 1. The Hall–Kier alpha value is -1.95. The molecule has 6 heteroatoms. The molecule has 4 rings (SSSR count). The summed E-state index contributed by atoms with van der Waals surface area (Å²) in [5.41, 5.74) is 0.794. The minimum atomic E-state index is -0.186. The SMILES string of the molecule is O=C(CSC1CCCCC1)N1N=C(c2ccco2)CC1c1ccco1. The van der Waals surface area contributed by atoms with Crippen LogP contribution < -0.4 is 0 Å². The van der Waals surface area contributed by atoms with E-state index in [-0.39, 0.29) is 11.9 Å². The highest BCUT2D eigenvalue weighted by atomic mass is 32.2. The summed E-state index contributed by atoms with van der Waals surface area (Å²) >= 11 is 1.78. The fourth-order valence-electron chi connectivity index (χ4n) is 3.52. The first-order valence-electron chi connectivity index (χ1n) is 8.89. The van der Waals surface area contributed by atoms with Crippen LogP contribution in [0.1, 0.15) is 56.1 Å². The van der Waals surface area contributed by atoms with Gasteiger partial charge in [0.05, 0.1) is 18.3 Å². The first-order chi connectivity index (χ1) is 12.3. The van der Waals surface area contributed by atoms with Crippen LogP contribution in [0.25, 0.3) is 0 Å². The minimum absolute atomic E-state index is 0.0403. The highest BCUT2D eigenvalue weighted by Gasteiger charge is 2.35. The van der Waals surface area contributed by atoms with Gasteiger partial charge < -0.3 is 8.83 Å². The van der Waals surface area contributed by atoms with E-state index < -0.39 is 0 Å². The van der Waals surface area contributed by atoms with E-state index in [4.69, 9.17) is 8.83 Å². The molecule has 3 heterocycles. The molecule has 0 saturated heterocycles. The van der Waals surface area contributed by atoms with Crippen molar-refractivity contribution in [3.8, 4) is 0 Å². The van der Waals surface area contributed by atoms with Crippen molar-refractivity contribution in [2.24, 2.45) is 5.10 Å². The van der Waals surface area contributed by atoms with Gasteiger partial charge in [0.25, 0.3) is 5.91 Å². The number of nitrogens with zero attached hydrogens (tertiary/aromatic N) is 2. The summed E-state index contributed by atoms with van der Waals surface area (Å²) < 4.78 is 11.0. The third-order valence-electron chi connectivity index (χ3n) is 4.84. The predicted molar refractivity (Wildman–Crippen MR) is 97.5 cm³/mol. The molecule has 1 amide bonds. The van der Waals surface area contributed by atoms with E-state index in [1.807, 2.05) is 24.3 Å². The molecule has 25 heavy (non-hydrogen) atoms. The van der Waals surface area contributed by atoms with E-state index in [1.54, 1.807) is 29.3 Å². The summed E-state index contributed by atoms with van der Waals surface area (Å²) in [4.78, 5) is 12.8. The molecule has 1 atom stereocenters. The number of carbonyl (C=O) groups is 1. The fraction of sp³-hybridized carbons (Fsp3) is 0.474. The molecular weight excluding hydrogens is 336 g/mol. The fourth-order valence-corrected chi connectivity index (χ4v) is 4.70. The van der Waals surface area contributed by atoms with E-state index in [1.165, 1.54) is 32.1 Å². The first-order valence-corrected chi connectivity index (χ1v) is 9.94. The van der Waals surface area contributed by atoms with Crippen LogP contribution in [0.4, 0.5) is 0 Å². The zero-order valence-electron chi connectivity index (χ0n) is 14.1. The number of furan rings is 2. The number of hydrogen-bond acceptors (Lipinski definition) is 5. The van der Waals surface area contributed by atoms with E-state index in [0.717, 1.165) is 11.5 Å². The van der Waals surface area contributed by atoms with Crippen LogP contribution in [0.2, 0.25) is 0 Å². The minimum Gasteiger partial charge on any atom is -0.467 e. The van der Waals surface area contributed by atoms with E-state index >= 15 is 0 Å². The van der Waals surface area contributed by atoms with Crippen molar-refractivity contribution in [3.05, 3.63) is 48.3 Å². The van der Waals surface area contributed by atoms with Crippen LogP contribution in [0.3, 0.4) is 0 Å². The highest BCUT2D eigenvalue weighted by Crippen LogP contribution is 2.35. The van der Waals surface area contributed by atoms with E-state index in [2.05, 4.69) is 5.10 Å². The summed E-state index contributed by atoms with van der Waals surface area (Å²) in [6.45, 7) is 0. The Kier molecular flexibility index (Phi) is 4.97. The standard InChI is InChI=1S/C19H22N2O3S/c22-19(13-25-14-6-2-1-3-7-14)21-16(18-9-5-11-24-18)12-15(20-21)17-8-4-10-23-17/h4-5,8-11,14,16H,1-3,6-7,12-13H2. The summed E-state index contributed by atoms with van der Waals surface area (Å²) in [5.74, 6) is 1.99. The Bertz CT molecular complexity index is 718. The lowest BCUT2D eigenvalue weighted by Gasteiger charge is -2.23. The molecule has 132 valence electrons. The lowest BCUT2D eigenvalue weighted by molar-refractivity contribution is -0.130. The number of rotatable bonds is 5. The van der Waals surface area contributed by atoms with E-state index in [9.17, 15) is 4.79 Å². The van der Waals surface area contributed by atoms with Crippen LogP contribution in [0.15, 0.2) is 50.7 Å². The molecule has 1 saturated carbocycles. The van der Waals surface area contributed by atoms with Gasteiger partial charge in [-0.15, -0.1) is 11.8 Å². The average molecular weight is 358 g/mol. The van der Waals surface area contributed by atoms with Crippen molar-refractivity contribution in [2.45, 2.75) is 49.8 Å². The van der Waals surface area contributed by atoms with Crippen LogP contribution >= 0.6 is 11.8 Å². The Morgan fingerprint density at radius 1 is 1.16 bits per heavy atom. The molecule has 0 spiro atoms. The van der Waals surface area contributed by atoms with Crippen LogP contribution in [-0.4, -0.2) is 27.6 Å². The van der Waals surface area contributed by atoms with Gasteiger partial charge in [0.2, 0.25) is 0 Å². The first kappa shape index (κ1) is 16.5. The van der Waals surface area contributed by atoms with Crippen LogP contribution in [0, 0.1) is 0 Å². The third-order valence-corrected chi connectivity index (χ3v) is 6.19.